The first kappa shape index (κ1) is 9.79. The zero-order valence-electron chi connectivity index (χ0n) is 8.10. The summed E-state index contributed by atoms with van der Waals surface area (Å²) in [6.45, 7) is 1.89. The maximum Gasteiger partial charge on any atom is 0.251 e. The first-order valence-electron chi connectivity index (χ1n) is 4.42. The largest absolute Gasteiger partial charge is 0.299 e. The van der Waals surface area contributed by atoms with Gasteiger partial charge >= 0.3 is 0 Å². The van der Waals surface area contributed by atoms with E-state index in [9.17, 15) is 4.79 Å². The number of pyridine rings is 1. The summed E-state index contributed by atoms with van der Waals surface area (Å²) in [4.78, 5) is 17.7. The topological polar surface area (TPSA) is 50.7 Å². The fourth-order valence-corrected chi connectivity index (χ4v) is 1.60. The maximum atomic E-state index is 11.0. The van der Waals surface area contributed by atoms with Gasteiger partial charge < -0.3 is 0 Å². The van der Waals surface area contributed by atoms with Gasteiger partial charge in [-0.2, -0.15) is 0 Å². The van der Waals surface area contributed by atoms with E-state index in [0.29, 0.717) is 4.77 Å². The number of aryl methyl sites for hydroxylation is 1. The van der Waals surface area contributed by atoms with E-state index >= 15 is 0 Å². The third-order valence-electron chi connectivity index (χ3n) is 2.06. The summed E-state index contributed by atoms with van der Waals surface area (Å²) in [6, 6.07) is 5.16. The summed E-state index contributed by atoms with van der Waals surface area (Å²) >= 11 is 5.06. The van der Waals surface area contributed by atoms with Crippen molar-refractivity contribution < 1.29 is 0 Å². The van der Waals surface area contributed by atoms with Crippen LogP contribution in [0.3, 0.4) is 0 Å². The summed E-state index contributed by atoms with van der Waals surface area (Å²) in [6.07, 6.45) is 3.36. The summed E-state index contributed by atoms with van der Waals surface area (Å²) in [5.41, 5.74) is 1.54. The van der Waals surface area contributed by atoms with Crippen LogP contribution in [0.2, 0.25) is 0 Å². The molecule has 0 aliphatic carbocycles. The first-order valence-corrected chi connectivity index (χ1v) is 4.83. The molecule has 0 radical (unpaired) electrons. The lowest BCUT2D eigenvalue weighted by Gasteiger charge is -2.07. The van der Waals surface area contributed by atoms with Gasteiger partial charge in [-0.15, -0.1) is 0 Å². The van der Waals surface area contributed by atoms with Gasteiger partial charge in [0.2, 0.25) is 0 Å². The standard InChI is InChI=1S/C10H9N3OS/c1-7-8(3-2-5-11-7)13-6-4-9(14)12-10(13)15/h2-6H,1H3,(H,12,14,15). The Morgan fingerprint density at radius 1 is 1.47 bits per heavy atom. The van der Waals surface area contributed by atoms with Crippen LogP contribution in [0, 0.1) is 11.7 Å². The minimum atomic E-state index is -0.196. The molecule has 0 bridgehead atoms. The Hall–Kier alpha value is -1.75. The van der Waals surface area contributed by atoms with Crippen molar-refractivity contribution in [2.45, 2.75) is 6.92 Å². The molecule has 2 heterocycles. The number of rotatable bonds is 1. The van der Waals surface area contributed by atoms with Crippen molar-refractivity contribution in [2.24, 2.45) is 0 Å². The number of aromatic nitrogens is 3. The van der Waals surface area contributed by atoms with Crippen LogP contribution in [-0.2, 0) is 0 Å². The van der Waals surface area contributed by atoms with Gasteiger partial charge in [0.1, 0.15) is 0 Å². The summed E-state index contributed by atoms with van der Waals surface area (Å²) < 4.78 is 2.09. The molecule has 76 valence electrons. The second-order valence-corrected chi connectivity index (χ2v) is 3.47. The number of aromatic amines is 1. The van der Waals surface area contributed by atoms with Gasteiger partial charge in [0, 0.05) is 18.5 Å². The summed E-state index contributed by atoms with van der Waals surface area (Å²) in [5, 5.41) is 0. The predicted molar refractivity (Wildman–Crippen MR) is 59.8 cm³/mol. The van der Waals surface area contributed by atoms with Crippen LogP contribution in [0.1, 0.15) is 5.69 Å². The molecule has 2 rings (SSSR count). The zero-order valence-corrected chi connectivity index (χ0v) is 8.91. The lowest BCUT2D eigenvalue weighted by molar-refractivity contribution is 0.916. The van der Waals surface area contributed by atoms with Gasteiger partial charge in [0.25, 0.3) is 5.56 Å². The Morgan fingerprint density at radius 2 is 2.27 bits per heavy atom. The van der Waals surface area contributed by atoms with Crippen molar-refractivity contribution in [3.8, 4) is 5.69 Å². The first-order chi connectivity index (χ1) is 7.18. The zero-order chi connectivity index (χ0) is 10.8. The van der Waals surface area contributed by atoms with Crippen LogP contribution in [0.25, 0.3) is 5.69 Å². The molecule has 0 aromatic carbocycles. The Kier molecular flexibility index (Phi) is 2.47. The molecule has 0 unspecified atom stereocenters. The molecule has 1 N–H and O–H groups in total. The van der Waals surface area contributed by atoms with Gasteiger partial charge in [-0.1, -0.05) is 0 Å². The molecule has 0 saturated heterocycles. The SMILES string of the molecule is Cc1ncccc1-n1ccc(=O)[nH]c1=S. The van der Waals surface area contributed by atoms with Gasteiger partial charge in [-0.3, -0.25) is 19.3 Å². The van der Waals surface area contributed by atoms with E-state index in [1.807, 2.05) is 19.1 Å². The number of nitrogens with one attached hydrogen (secondary N) is 1. The molecule has 5 heteroatoms. The van der Waals surface area contributed by atoms with E-state index in [2.05, 4.69) is 9.97 Å². The van der Waals surface area contributed by atoms with E-state index in [1.165, 1.54) is 6.07 Å². The lowest BCUT2D eigenvalue weighted by atomic mass is 10.3. The Bertz CT molecular complexity index is 600. The highest BCUT2D eigenvalue weighted by Crippen LogP contribution is 2.09. The van der Waals surface area contributed by atoms with Gasteiger partial charge in [-0.25, -0.2) is 0 Å². The van der Waals surface area contributed by atoms with Crippen LogP contribution in [0.4, 0.5) is 0 Å². The van der Waals surface area contributed by atoms with Gasteiger partial charge in [0.05, 0.1) is 11.4 Å². The van der Waals surface area contributed by atoms with Gasteiger partial charge in [-0.05, 0) is 31.3 Å². The molecule has 0 aliphatic rings. The maximum absolute atomic E-state index is 11.0. The molecule has 4 nitrogen and oxygen atoms in total. The van der Waals surface area contributed by atoms with Gasteiger partial charge in [0.15, 0.2) is 4.77 Å². The molecular formula is C10H9N3OS. The molecule has 0 atom stereocenters. The number of H-pyrrole nitrogens is 1. The number of nitrogens with zero attached hydrogens (tertiary/aromatic N) is 2. The van der Waals surface area contributed by atoms with Crippen molar-refractivity contribution >= 4 is 12.2 Å². The third-order valence-corrected chi connectivity index (χ3v) is 2.36. The highest BCUT2D eigenvalue weighted by atomic mass is 32.1. The fraction of sp³-hybridized carbons (Fsp3) is 0.100. The van der Waals surface area contributed by atoms with Crippen LogP contribution >= 0.6 is 12.2 Å². The third kappa shape index (κ3) is 1.87. The number of hydrogen-bond donors (Lipinski definition) is 1. The second kappa shape index (κ2) is 3.78. The molecule has 0 aliphatic heterocycles. The van der Waals surface area contributed by atoms with Crippen LogP contribution in [0.15, 0.2) is 35.4 Å². The van der Waals surface area contributed by atoms with Crippen LogP contribution < -0.4 is 5.56 Å². The van der Waals surface area contributed by atoms with E-state index < -0.39 is 0 Å². The van der Waals surface area contributed by atoms with Crippen molar-refractivity contribution in [2.75, 3.05) is 0 Å². The van der Waals surface area contributed by atoms with E-state index in [4.69, 9.17) is 12.2 Å². The molecular weight excluding hydrogens is 210 g/mol. The Balaban J connectivity index is 2.70. The normalized spacial score (nSPS) is 10.2. The molecule has 15 heavy (non-hydrogen) atoms. The minimum absolute atomic E-state index is 0.196. The average Bonchev–Trinajstić information content (AvgIpc) is 2.20. The van der Waals surface area contributed by atoms with Crippen LogP contribution in [0.5, 0.6) is 0 Å². The monoisotopic (exact) mass is 219 g/mol. The minimum Gasteiger partial charge on any atom is -0.299 e. The predicted octanol–water partition coefficient (Wildman–Crippen LogP) is 1.60. The summed E-state index contributed by atoms with van der Waals surface area (Å²) in [7, 11) is 0. The van der Waals surface area contributed by atoms with Crippen LogP contribution in [-0.4, -0.2) is 14.5 Å². The second-order valence-electron chi connectivity index (χ2n) is 3.09. The quantitative estimate of drug-likeness (QED) is 0.741. The highest BCUT2D eigenvalue weighted by molar-refractivity contribution is 7.71. The van der Waals surface area contributed by atoms with Crippen molar-refractivity contribution in [1.82, 2.24) is 14.5 Å². The van der Waals surface area contributed by atoms with E-state index in [1.54, 1.807) is 17.0 Å². The van der Waals surface area contributed by atoms with Crippen molar-refractivity contribution in [3.05, 3.63) is 51.4 Å². The number of hydrogen-bond acceptors (Lipinski definition) is 3. The molecule has 2 aromatic rings. The smallest absolute Gasteiger partial charge is 0.251 e. The lowest BCUT2D eigenvalue weighted by Crippen LogP contribution is -2.10. The summed E-state index contributed by atoms with van der Waals surface area (Å²) in [5.74, 6) is 0. The van der Waals surface area contributed by atoms with Crippen molar-refractivity contribution in [3.63, 3.8) is 0 Å². The molecule has 0 amide bonds. The molecule has 2 aromatic heterocycles. The Morgan fingerprint density at radius 3 is 2.93 bits per heavy atom. The fourth-order valence-electron chi connectivity index (χ4n) is 1.34. The average molecular weight is 219 g/mol. The van der Waals surface area contributed by atoms with E-state index in [0.717, 1.165) is 11.4 Å². The molecule has 0 saturated carbocycles. The highest BCUT2D eigenvalue weighted by Gasteiger charge is 2.00. The molecule has 0 spiro atoms. The molecule has 0 fully saturated rings. The Labute approximate surface area is 91.2 Å². The van der Waals surface area contributed by atoms with E-state index in [-0.39, 0.29) is 5.56 Å². The van der Waals surface area contributed by atoms with Crippen molar-refractivity contribution in [1.29, 1.82) is 0 Å².